The Morgan fingerprint density at radius 1 is 1.40 bits per heavy atom. The summed E-state index contributed by atoms with van der Waals surface area (Å²) >= 11 is 3.47. The Labute approximate surface area is 97.5 Å². The summed E-state index contributed by atoms with van der Waals surface area (Å²) in [6.07, 6.45) is 0. The summed E-state index contributed by atoms with van der Waals surface area (Å²) in [4.78, 5) is 0. The zero-order valence-electron chi connectivity index (χ0n) is 8.75. The minimum absolute atomic E-state index is 0.296. The molecule has 0 N–H and O–H groups in total. The van der Waals surface area contributed by atoms with Gasteiger partial charge in [0, 0.05) is 17.0 Å². The Bertz CT molecular complexity index is 365. The molecule has 82 valence electrons. The molecule has 1 aliphatic rings. The molecule has 0 aromatic heterocycles. The van der Waals surface area contributed by atoms with Gasteiger partial charge in [0.15, 0.2) is 11.5 Å². The smallest absolute Gasteiger partial charge is 0.231 e. The van der Waals surface area contributed by atoms with E-state index in [0.717, 1.165) is 28.1 Å². The summed E-state index contributed by atoms with van der Waals surface area (Å²) in [7, 11) is 1.67. The molecule has 0 radical (unpaired) electrons. The Kier molecular flexibility index (Phi) is 3.05. The van der Waals surface area contributed by atoms with E-state index in [-0.39, 0.29) is 0 Å². The Hall–Kier alpha value is -0.900. The number of ether oxygens (including phenoxy) is 3. The number of halogens is 1. The van der Waals surface area contributed by atoms with E-state index >= 15 is 0 Å². The first-order valence-corrected chi connectivity index (χ1v) is 5.92. The van der Waals surface area contributed by atoms with Gasteiger partial charge in [0.25, 0.3) is 0 Å². The second kappa shape index (κ2) is 4.31. The lowest BCUT2D eigenvalue weighted by atomic mass is 10.0. The minimum Gasteiger partial charge on any atom is -0.496 e. The van der Waals surface area contributed by atoms with Crippen molar-refractivity contribution in [2.45, 2.75) is 12.8 Å². The average molecular weight is 273 g/mol. The molecule has 0 saturated heterocycles. The standard InChI is InChI=1S/C11H13BrO3/c1-7(5-12)8-3-10-11(15-6-14-10)4-9(8)13-2/h3-4,7H,5-6H2,1-2H3. The highest BCUT2D eigenvalue weighted by Crippen LogP contribution is 2.40. The van der Waals surface area contributed by atoms with Crippen LogP contribution in [0.1, 0.15) is 18.4 Å². The molecular weight excluding hydrogens is 260 g/mol. The number of fused-ring (bicyclic) bond motifs is 1. The molecule has 0 saturated carbocycles. The molecular formula is C11H13BrO3. The van der Waals surface area contributed by atoms with E-state index < -0.39 is 0 Å². The summed E-state index contributed by atoms with van der Waals surface area (Å²) in [5.41, 5.74) is 1.14. The van der Waals surface area contributed by atoms with Gasteiger partial charge in [-0.1, -0.05) is 22.9 Å². The van der Waals surface area contributed by atoms with Crippen molar-refractivity contribution in [2.24, 2.45) is 0 Å². The second-order valence-electron chi connectivity index (χ2n) is 3.50. The van der Waals surface area contributed by atoms with E-state index in [1.807, 2.05) is 12.1 Å². The first-order chi connectivity index (χ1) is 7.26. The van der Waals surface area contributed by atoms with E-state index in [4.69, 9.17) is 14.2 Å². The van der Waals surface area contributed by atoms with Crippen molar-refractivity contribution in [3.8, 4) is 17.2 Å². The van der Waals surface area contributed by atoms with E-state index in [2.05, 4.69) is 22.9 Å². The monoisotopic (exact) mass is 272 g/mol. The van der Waals surface area contributed by atoms with Crippen molar-refractivity contribution in [3.05, 3.63) is 17.7 Å². The molecule has 1 aromatic carbocycles. The predicted molar refractivity (Wildman–Crippen MR) is 61.3 cm³/mol. The average Bonchev–Trinajstić information content (AvgIpc) is 2.73. The number of hydrogen-bond acceptors (Lipinski definition) is 3. The van der Waals surface area contributed by atoms with Crippen LogP contribution in [0.25, 0.3) is 0 Å². The highest BCUT2D eigenvalue weighted by molar-refractivity contribution is 9.09. The van der Waals surface area contributed by atoms with Gasteiger partial charge in [-0.15, -0.1) is 0 Å². The SMILES string of the molecule is COc1cc2c(cc1C(C)CBr)OCO2. The molecule has 1 heterocycles. The highest BCUT2D eigenvalue weighted by Gasteiger charge is 2.20. The van der Waals surface area contributed by atoms with Gasteiger partial charge in [0.2, 0.25) is 6.79 Å². The van der Waals surface area contributed by atoms with E-state index in [9.17, 15) is 0 Å². The van der Waals surface area contributed by atoms with E-state index in [1.165, 1.54) is 0 Å². The van der Waals surface area contributed by atoms with Crippen molar-refractivity contribution in [1.29, 1.82) is 0 Å². The zero-order valence-corrected chi connectivity index (χ0v) is 10.3. The Balaban J connectivity index is 2.44. The number of rotatable bonds is 3. The molecule has 3 nitrogen and oxygen atoms in total. The lowest BCUT2D eigenvalue weighted by Gasteiger charge is -2.14. The molecule has 0 spiro atoms. The van der Waals surface area contributed by atoms with Crippen LogP contribution in [0.3, 0.4) is 0 Å². The van der Waals surface area contributed by atoms with Crippen molar-refractivity contribution in [2.75, 3.05) is 19.2 Å². The van der Waals surface area contributed by atoms with Crippen LogP contribution in [0.2, 0.25) is 0 Å². The molecule has 1 unspecified atom stereocenters. The summed E-state index contributed by atoms with van der Waals surface area (Å²) in [6, 6.07) is 3.88. The first kappa shape index (κ1) is 10.6. The van der Waals surface area contributed by atoms with Gasteiger partial charge in [0.1, 0.15) is 5.75 Å². The van der Waals surface area contributed by atoms with Gasteiger partial charge >= 0.3 is 0 Å². The number of alkyl halides is 1. The van der Waals surface area contributed by atoms with Crippen LogP contribution in [-0.4, -0.2) is 19.2 Å². The maximum atomic E-state index is 5.34. The van der Waals surface area contributed by atoms with Gasteiger partial charge in [-0.3, -0.25) is 0 Å². The molecule has 0 fully saturated rings. The molecule has 1 atom stereocenters. The van der Waals surface area contributed by atoms with Crippen molar-refractivity contribution in [1.82, 2.24) is 0 Å². The van der Waals surface area contributed by atoms with Crippen molar-refractivity contribution >= 4 is 15.9 Å². The topological polar surface area (TPSA) is 27.7 Å². The molecule has 4 heteroatoms. The fraction of sp³-hybridized carbons (Fsp3) is 0.455. The first-order valence-electron chi connectivity index (χ1n) is 4.79. The third kappa shape index (κ3) is 1.91. The summed E-state index contributed by atoms with van der Waals surface area (Å²) < 4.78 is 16.0. The normalized spacial score (nSPS) is 15.1. The molecule has 0 aliphatic carbocycles. The van der Waals surface area contributed by atoms with Crippen LogP contribution in [-0.2, 0) is 0 Å². The van der Waals surface area contributed by atoms with Gasteiger partial charge in [-0.2, -0.15) is 0 Å². The molecule has 1 aliphatic heterocycles. The molecule has 1 aromatic rings. The molecule has 0 amide bonds. The van der Waals surface area contributed by atoms with Gasteiger partial charge < -0.3 is 14.2 Å². The van der Waals surface area contributed by atoms with E-state index in [1.54, 1.807) is 7.11 Å². The number of methoxy groups -OCH3 is 1. The summed E-state index contributed by atoms with van der Waals surface area (Å²) in [5.74, 6) is 2.80. The van der Waals surface area contributed by atoms with Crippen LogP contribution in [0, 0.1) is 0 Å². The number of benzene rings is 1. The largest absolute Gasteiger partial charge is 0.496 e. The lowest BCUT2D eigenvalue weighted by Crippen LogP contribution is -1.98. The van der Waals surface area contributed by atoms with Gasteiger partial charge in [-0.25, -0.2) is 0 Å². The Morgan fingerprint density at radius 3 is 2.67 bits per heavy atom. The fourth-order valence-electron chi connectivity index (χ4n) is 1.58. The van der Waals surface area contributed by atoms with Crippen LogP contribution < -0.4 is 14.2 Å². The molecule has 2 rings (SSSR count). The predicted octanol–water partition coefficient (Wildman–Crippen LogP) is 2.92. The van der Waals surface area contributed by atoms with Crippen LogP contribution in [0.15, 0.2) is 12.1 Å². The lowest BCUT2D eigenvalue weighted by molar-refractivity contribution is 0.174. The summed E-state index contributed by atoms with van der Waals surface area (Å²) in [6.45, 7) is 2.43. The van der Waals surface area contributed by atoms with Gasteiger partial charge in [0.05, 0.1) is 7.11 Å². The van der Waals surface area contributed by atoms with E-state index in [0.29, 0.717) is 12.7 Å². The number of hydrogen-bond donors (Lipinski definition) is 0. The highest BCUT2D eigenvalue weighted by atomic mass is 79.9. The second-order valence-corrected chi connectivity index (χ2v) is 4.15. The fourth-order valence-corrected chi connectivity index (χ4v) is 1.93. The van der Waals surface area contributed by atoms with Gasteiger partial charge in [-0.05, 0) is 12.0 Å². The van der Waals surface area contributed by atoms with Crippen LogP contribution in [0.4, 0.5) is 0 Å². The quantitative estimate of drug-likeness (QED) is 0.792. The van der Waals surface area contributed by atoms with Crippen molar-refractivity contribution < 1.29 is 14.2 Å². The Morgan fingerprint density at radius 2 is 2.07 bits per heavy atom. The molecule has 0 bridgehead atoms. The zero-order chi connectivity index (χ0) is 10.8. The summed E-state index contributed by atoms with van der Waals surface area (Å²) in [5, 5.41) is 0.892. The molecule has 15 heavy (non-hydrogen) atoms. The third-order valence-corrected chi connectivity index (χ3v) is 3.46. The minimum atomic E-state index is 0.296. The van der Waals surface area contributed by atoms with Crippen molar-refractivity contribution in [3.63, 3.8) is 0 Å². The maximum Gasteiger partial charge on any atom is 0.231 e. The van der Waals surface area contributed by atoms with Crippen LogP contribution in [0.5, 0.6) is 17.2 Å². The van der Waals surface area contributed by atoms with Crippen LogP contribution >= 0.6 is 15.9 Å². The maximum absolute atomic E-state index is 5.34. The third-order valence-electron chi connectivity index (χ3n) is 2.49.